The summed E-state index contributed by atoms with van der Waals surface area (Å²) in [5.41, 5.74) is 8.01. The Morgan fingerprint density at radius 3 is 2.42 bits per heavy atom. The number of carbonyl (C=O) groups excluding carboxylic acids is 1. The van der Waals surface area contributed by atoms with Crippen molar-refractivity contribution < 1.29 is 9.53 Å². The number of rotatable bonds is 5. The van der Waals surface area contributed by atoms with E-state index >= 15 is 0 Å². The highest BCUT2D eigenvalue weighted by Gasteiger charge is 2.31. The number of hydrogen-bond acceptors (Lipinski definition) is 3. The highest BCUT2D eigenvalue weighted by atomic mass is 16.5. The zero-order chi connectivity index (χ0) is 16.9. The number of hydrogen-bond donors (Lipinski definition) is 1. The Labute approximate surface area is 143 Å². The van der Waals surface area contributed by atoms with Crippen LogP contribution in [0, 0.1) is 5.92 Å². The van der Waals surface area contributed by atoms with Crippen LogP contribution in [0.4, 0.5) is 5.69 Å². The maximum Gasteiger partial charge on any atom is 0.230 e. The van der Waals surface area contributed by atoms with Gasteiger partial charge in [0.25, 0.3) is 0 Å². The Morgan fingerprint density at radius 2 is 1.83 bits per heavy atom. The topological polar surface area (TPSA) is 55.6 Å². The summed E-state index contributed by atoms with van der Waals surface area (Å²) in [4.78, 5) is 15.0. The normalized spacial score (nSPS) is 19.9. The molecule has 2 atom stereocenters. The standard InChI is InChI=1S/C20H24N2O2/c1-24-19-11-9-18(10-12-19)22(14-15-5-3-2-4-6-15)20(23)16-7-8-17(21)13-16/h2-6,9-12,16-17H,7-8,13-14,21H2,1H3. The van der Waals surface area contributed by atoms with Gasteiger partial charge in [0.15, 0.2) is 0 Å². The molecule has 0 heterocycles. The van der Waals surface area contributed by atoms with Crippen LogP contribution >= 0.6 is 0 Å². The molecular weight excluding hydrogens is 300 g/mol. The van der Waals surface area contributed by atoms with Gasteiger partial charge in [-0.05, 0) is 49.1 Å². The molecule has 2 aromatic carbocycles. The Morgan fingerprint density at radius 1 is 1.12 bits per heavy atom. The van der Waals surface area contributed by atoms with Gasteiger partial charge < -0.3 is 15.4 Å². The molecule has 0 bridgehead atoms. The van der Waals surface area contributed by atoms with Gasteiger partial charge in [0, 0.05) is 17.6 Å². The van der Waals surface area contributed by atoms with Crippen molar-refractivity contribution in [2.75, 3.05) is 12.0 Å². The SMILES string of the molecule is COc1ccc(N(Cc2ccccc2)C(=O)C2CCC(N)C2)cc1. The number of nitrogens with zero attached hydrogens (tertiary/aromatic N) is 1. The van der Waals surface area contributed by atoms with Gasteiger partial charge in [-0.2, -0.15) is 0 Å². The lowest BCUT2D eigenvalue weighted by atomic mass is 10.0. The molecule has 24 heavy (non-hydrogen) atoms. The Balaban J connectivity index is 1.86. The van der Waals surface area contributed by atoms with Gasteiger partial charge in [0.05, 0.1) is 13.7 Å². The van der Waals surface area contributed by atoms with Crippen molar-refractivity contribution in [1.82, 2.24) is 0 Å². The van der Waals surface area contributed by atoms with Gasteiger partial charge in [-0.1, -0.05) is 30.3 Å². The number of anilines is 1. The quantitative estimate of drug-likeness (QED) is 0.917. The second-order valence-corrected chi connectivity index (χ2v) is 6.38. The predicted octanol–water partition coefficient (Wildman–Crippen LogP) is 3.36. The molecule has 0 spiro atoms. The fourth-order valence-corrected chi connectivity index (χ4v) is 3.29. The summed E-state index contributed by atoms with van der Waals surface area (Å²) in [6.45, 7) is 0.567. The van der Waals surface area contributed by atoms with Crippen LogP contribution in [0.5, 0.6) is 5.75 Å². The third kappa shape index (κ3) is 3.77. The van der Waals surface area contributed by atoms with Crippen LogP contribution in [0.1, 0.15) is 24.8 Å². The third-order valence-electron chi connectivity index (χ3n) is 4.66. The van der Waals surface area contributed by atoms with E-state index in [2.05, 4.69) is 0 Å². The maximum atomic E-state index is 13.1. The number of ether oxygens (including phenoxy) is 1. The van der Waals surface area contributed by atoms with E-state index in [1.807, 2.05) is 59.5 Å². The van der Waals surface area contributed by atoms with E-state index in [0.717, 1.165) is 36.3 Å². The van der Waals surface area contributed by atoms with Crippen molar-refractivity contribution >= 4 is 11.6 Å². The molecule has 4 heteroatoms. The molecule has 1 aliphatic carbocycles. The fraction of sp³-hybridized carbons (Fsp3) is 0.350. The molecular formula is C20H24N2O2. The highest BCUT2D eigenvalue weighted by Crippen LogP contribution is 2.30. The molecule has 0 aliphatic heterocycles. The number of methoxy groups -OCH3 is 1. The van der Waals surface area contributed by atoms with E-state index in [9.17, 15) is 4.79 Å². The first-order chi connectivity index (χ1) is 11.7. The average Bonchev–Trinajstić information content (AvgIpc) is 3.06. The van der Waals surface area contributed by atoms with Gasteiger partial charge in [0.1, 0.15) is 5.75 Å². The first kappa shape index (κ1) is 16.5. The minimum Gasteiger partial charge on any atom is -0.497 e. The van der Waals surface area contributed by atoms with Crippen molar-refractivity contribution in [3.8, 4) is 5.75 Å². The van der Waals surface area contributed by atoms with Crippen LogP contribution in [0.25, 0.3) is 0 Å². The maximum absolute atomic E-state index is 13.1. The lowest BCUT2D eigenvalue weighted by molar-refractivity contribution is -0.122. The summed E-state index contributed by atoms with van der Waals surface area (Å²) in [5, 5.41) is 0. The fourth-order valence-electron chi connectivity index (χ4n) is 3.29. The Hall–Kier alpha value is -2.33. The van der Waals surface area contributed by atoms with Crippen LogP contribution < -0.4 is 15.4 Å². The lowest BCUT2D eigenvalue weighted by Gasteiger charge is -2.26. The summed E-state index contributed by atoms with van der Waals surface area (Å²) < 4.78 is 5.22. The van der Waals surface area contributed by atoms with Crippen LogP contribution in [-0.2, 0) is 11.3 Å². The molecule has 2 aromatic rings. The van der Waals surface area contributed by atoms with E-state index in [1.54, 1.807) is 7.11 Å². The van der Waals surface area contributed by atoms with E-state index in [0.29, 0.717) is 6.54 Å². The van der Waals surface area contributed by atoms with Crippen molar-refractivity contribution in [2.24, 2.45) is 11.7 Å². The molecule has 0 radical (unpaired) electrons. The van der Waals surface area contributed by atoms with E-state index in [4.69, 9.17) is 10.5 Å². The zero-order valence-corrected chi connectivity index (χ0v) is 14.0. The van der Waals surface area contributed by atoms with Gasteiger partial charge >= 0.3 is 0 Å². The smallest absolute Gasteiger partial charge is 0.230 e. The highest BCUT2D eigenvalue weighted by molar-refractivity contribution is 5.95. The molecule has 0 aromatic heterocycles. The van der Waals surface area contributed by atoms with E-state index in [-0.39, 0.29) is 17.9 Å². The number of carbonyl (C=O) groups is 1. The van der Waals surface area contributed by atoms with Crippen molar-refractivity contribution in [2.45, 2.75) is 31.8 Å². The van der Waals surface area contributed by atoms with Gasteiger partial charge in [-0.3, -0.25) is 4.79 Å². The summed E-state index contributed by atoms with van der Waals surface area (Å²) >= 11 is 0. The van der Waals surface area contributed by atoms with Crippen LogP contribution in [0.2, 0.25) is 0 Å². The summed E-state index contributed by atoms with van der Waals surface area (Å²) in [7, 11) is 1.64. The van der Waals surface area contributed by atoms with E-state index < -0.39 is 0 Å². The molecule has 1 amide bonds. The average molecular weight is 324 g/mol. The molecule has 2 unspecified atom stereocenters. The molecule has 1 aliphatic rings. The second-order valence-electron chi connectivity index (χ2n) is 6.38. The third-order valence-corrected chi connectivity index (χ3v) is 4.66. The number of benzene rings is 2. The van der Waals surface area contributed by atoms with Crippen molar-refractivity contribution in [1.29, 1.82) is 0 Å². The second kappa shape index (κ2) is 7.49. The molecule has 0 saturated heterocycles. The first-order valence-electron chi connectivity index (χ1n) is 8.42. The molecule has 4 nitrogen and oxygen atoms in total. The molecule has 126 valence electrons. The van der Waals surface area contributed by atoms with Gasteiger partial charge in [0.2, 0.25) is 5.91 Å². The predicted molar refractivity (Wildman–Crippen MR) is 95.9 cm³/mol. The molecule has 3 rings (SSSR count). The first-order valence-corrected chi connectivity index (χ1v) is 8.42. The Kier molecular flexibility index (Phi) is 5.16. The minimum absolute atomic E-state index is 0.0193. The number of amides is 1. The molecule has 1 fully saturated rings. The molecule has 1 saturated carbocycles. The van der Waals surface area contributed by atoms with Crippen LogP contribution in [-0.4, -0.2) is 19.1 Å². The number of nitrogens with two attached hydrogens (primary N) is 1. The van der Waals surface area contributed by atoms with Crippen molar-refractivity contribution in [3.05, 3.63) is 60.2 Å². The minimum atomic E-state index is 0.0193. The van der Waals surface area contributed by atoms with Crippen LogP contribution in [0.3, 0.4) is 0 Å². The summed E-state index contributed by atoms with van der Waals surface area (Å²) in [6, 6.07) is 17.9. The van der Waals surface area contributed by atoms with Gasteiger partial charge in [-0.25, -0.2) is 0 Å². The largest absolute Gasteiger partial charge is 0.497 e. The van der Waals surface area contributed by atoms with Crippen LogP contribution in [0.15, 0.2) is 54.6 Å². The lowest BCUT2D eigenvalue weighted by Crippen LogP contribution is -2.35. The van der Waals surface area contributed by atoms with Gasteiger partial charge in [-0.15, -0.1) is 0 Å². The summed E-state index contributed by atoms with van der Waals surface area (Å²) in [5.74, 6) is 0.969. The Bertz CT molecular complexity index is 670. The molecule has 2 N–H and O–H groups in total. The summed E-state index contributed by atoms with van der Waals surface area (Å²) in [6.07, 6.45) is 2.58. The van der Waals surface area contributed by atoms with E-state index in [1.165, 1.54) is 0 Å². The van der Waals surface area contributed by atoms with Crippen molar-refractivity contribution in [3.63, 3.8) is 0 Å². The monoisotopic (exact) mass is 324 g/mol. The zero-order valence-electron chi connectivity index (χ0n) is 14.0.